The Balaban J connectivity index is 2.34. The van der Waals surface area contributed by atoms with Gasteiger partial charge in [-0.25, -0.2) is 4.79 Å². The Morgan fingerprint density at radius 1 is 1.42 bits per heavy atom. The molecule has 1 unspecified atom stereocenters. The van der Waals surface area contributed by atoms with Gasteiger partial charge in [0.15, 0.2) is 0 Å². The summed E-state index contributed by atoms with van der Waals surface area (Å²) in [4.78, 5) is 24.3. The number of urea groups is 1. The highest BCUT2D eigenvalue weighted by Crippen LogP contribution is 2.20. The Kier molecular flexibility index (Phi) is 6.39. The number of likely N-dealkylation sites (tertiary alicyclic amines) is 1. The van der Waals surface area contributed by atoms with Crippen molar-refractivity contribution in [3.63, 3.8) is 0 Å². The van der Waals surface area contributed by atoms with Gasteiger partial charge >= 0.3 is 12.0 Å². The summed E-state index contributed by atoms with van der Waals surface area (Å²) in [5, 5.41) is 11.6. The third kappa shape index (κ3) is 6.27. The summed E-state index contributed by atoms with van der Waals surface area (Å²) in [6.45, 7) is 5.99. The molecule has 0 radical (unpaired) electrons. The maximum Gasteiger partial charge on any atom is 0.317 e. The van der Waals surface area contributed by atoms with Gasteiger partial charge in [-0.3, -0.25) is 4.79 Å². The first-order chi connectivity index (χ1) is 8.99. The number of hydrogen-bond donors (Lipinski definition) is 2. The SMILES string of the molecule is CC(C)=CCNC(=O)N1CCCC(CCC(=O)O)C1. The van der Waals surface area contributed by atoms with Crippen molar-refractivity contribution in [3.8, 4) is 0 Å². The van der Waals surface area contributed by atoms with E-state index in [9.17, 15) is 9.59 Å². The molecule has 0 spiro atoms. The monoisotopic (exact) mass is 268 g/mol. The first-order valence-electron chi connectivity index (χ1n) is 6.87. The van der Waals surface area contributed by atoms with E-state index < -0.39 is 5.97 Å². The number of aliphatic carboxylic acids is 1. The van der Waals surface area contributed by atoms with E-state index in [0.717, 1.165) is 19.4 Å². The molecule has 5 heteroatoms. The minimum absolute atomic E-state index is 0.0440. The molecular weight excluding hydrogens is 244 g/mol. The highest BCUT2D eigenvalue weighted by atomic mass is 16.4. The summed E-state index contributed by atoms with van der Waals surface area (Å²) in [7, 11) is 0. The lowest BCUT2D eigenvalue weighted by atomic mass is 9.93. The second-order valence-electron chi connectivity index (χ2n) is 5.35. The van der Waals surface area contributed by atoms with Crippen LogP contribution in [-0.2, 0) is 4.79 Å². The molecule has 1 rings (SSSR count). The van der Waals surface area contributed by atoms with E-state index in [1.165, 1.54) is 5.57 Å². The van der Waals surface area contributed by atoms with E-state index in [1.807, 2.05) is 19.9 Å². The summed E-state index contributed by atoms with van der Waals surface area (Å²) in [5.41, 5.74) is 1.18. The maximum absolute atomic E-state index is 11.9. The minimum Gasteiger partial charge on any atom is -0.481 e. The van der Waals surface area contributed by atoms with Gasteiger partial charge in [0.2, 0.25) is 0 Å². The molecule has 1 atom stereocenters. The summed E-state index contributed by atoms with van der Waals surface area (Å²) < 4.78 is 0. The van der Waals surface area contributed by atoms with Crippen LogP contribution in [0.2, 0.25) is 0 Å². The van der Waals surface area contributed by atoms with Crippen LogP contribution in [0.3, 0.4) is 0 Å². The molecule has 2 N–H and O–H groups in total. The van der Waals surface area contributed by atoms with Crippen molar-refractivity contribution in [3.05, 3.63) is 11.6 Å². The lowest BCUT2D eigenvalue weighted by molar-refractivity contribution is -0.137. The van der Waals surface area contributed by atoms with Crippen LogP contribution in [0.1, 0.15) is 39.5 Å². The Morgan fingerprint density at radius 3 is 2.79 bits per heavy atom. The molecule has 0 aromatic rings. The molecule has 0 saturated carbocycles. The van der Waals surface area contributed by atoms with Crippen LogP contribution in [0, 0.1) is 5.92 Å². The average molecular weight is 268 g/mol. The van der Waals surface area contributed by atoms with Crippen molar-refractivity contribution in [1.82, 2.24) is 10.2 Å². The first kappa shape index (κ1) is 15.5. The number of piperidine rings is 1. The summed E-state index contributed by atoms with van der Waals surface area (Å²) in [5.74, 6) is -0.441. The maximum atomic E-state index is 11.9. The molecule has 0 aliphatic carbocycles. The molecule has 5 nitrogen and oxygen atoms in total. The fourth-order valence-electron chi connectivity index (χ4n) is 2.27. The van der Waals surface area contributed by atoms with Gasteiger partial charge in [-0.2, -0.15) is 0 Å². The van der Waals surface area contributed by atoms with Gasteiger partial charge in [-0.15, -0.1) is 0 Å². The van der Waals surface area contributed by atoms with Gasteiger partial charge < -0.3 is 15.3 Å². The first-order valence-corrected chi connectivity index (χ1v) is 6.87. The van der Waals surface area contributed by atoms with Crippen molar-refractivity contribution in [2.75, 3.05) is 19.6 Å². The van der Waals surface area contributed by atoms with Crippen molar-refractivity contribution < 1.29 is 14.7 Å². The normalized spacial score (nSPS) is 18.8. The summed E-state index contributed by atoms with van der Waals surface area (Å²) >= 11 is 0. The summed E-state index contributed by atoms with van der Waals surface area (Å²) in [6.07, 6.45) is 4.81. The van der Waals surface area contributed by atoms with E-state index in [4.69, 9.17) is 5.11 Å². The highest BCUT2D eigenvalue weighted by molar-refractivity contribution is 5.74. The molecule has 19 heavy (non-hydrogen) atoms. The minimum atomic E-state index is -0.759. The quantitative estimate of drug-likeness (QED) is 0.751. The van der Waals surface area contributed by atoms with Crippen molar-refractivity contribution in [2.45, 2.75) is 39.5 Å². The van der Waals surface area contributed by atoms with Crippen LogP contribution < -0.4 is 5.32 Å². The highest BCUT2D eigenvalue weighted by Gasteiger charge is 2.23. The molecule has 1 aliphatic heterocycles. The lowest BCUT2D eigenvalue weighted by Crippen LogP contribution is -2.45. The van der Waals surface area contributed by atoms with Gasteiger partial charge in [-0.05, 0) is 39.0 Å². The smallest absolute Gasteiger partial charge is 0.317 e. The van der Waals surface area contributed by atoms with Gasteiger partial charge in [-0.1, -0.05) is 11.6 Å². The van der Waals surface area contributed by atoms with E-state index in [2.05, 4.69) is 5.32 Å². The number of carbonyl (C=O) groups is 2. The molecule has 0 bridgehead atoms. The van der Waals surface area contributed by atoms with Crippen molar-refractivity contribution in [1.29, 1.82) is 0 Å². The second kappa shape index (κ2) is 7.81. The third-order valence-electron chi connectivity index (χ3n) is 3.34. The number of nitrogens with zero attached hydrogens (tertiary/aromatic N) is 1. The lowest BCUT2D eigenvalue weighted by Gasteiger charge is -2.32. The van der Waals surface area contributed by atoms with E-state index in [-0.39, 0.29) is 12.5 Å². The van der Waals surface area contributed by atoms with Gasteiger partial charge in [0.05, 0.1) is 0 Å². The number of rotatable bonds is 5. The van der Waals surface area contributed by atoms with Crippen LogP contribution in [-0.4, -0.2) is 41.6 Å². The predicted molar refractivity (Wildman–Crippen MR) is 74.0 cm³/mol. The zero-order valence-corrected chi connectivity index (χ0v) is 11.8. The predicted octanol–water partition coefficient (Wildman–Crippen LogP) is 2.24. The van der Waals surface area contributed by atoms with E-state index in [0.29, 0.717) is 25.4 Å². The van der Waals surface area contributed by atoms with Crippen LogP contribution in [0.5, 0.6) is 0 Å². The van der Waals surface area contributed by atoms with Crippen LogP contribution in [0.15, 0.2) is 11.6 Å². The Bertz CT molecular complexity index is 349. The molecule has 0 aromatic carbocycles. The average Bonchev–Trinajstić information content (AvgIpc) is 2.36. The number of nitrogens with one attached hydrogen (secondary N) is 1. The number of hydrogen-bond acceptors (Lipinski definition) is 2. The largest absolute Gasteiger partial charge is 0.481 e. The van der Waals surface area contributed by atoms with Crippen molar-refractivity contribution in [2.24, 2.45) is 5.92 Å². The summed E-state index contributed by atoms with van der Waals surface area (Å²) in [6, 6.07) is -0.0440. The fraction of sp³-hybridized carbons (Fsp3) is 0.714. The number of carboxylic acid groups (broad SMARTS) is 1. The zero-order chi connectivity index (χ0) is 14.3. The van der Waals surface area contributed by atoms with Crippen LogP contribution >= 0.6 is 0 Å². The number of carboxylic acids is 1. The molecule has 1 heterocycles. The van der Waals surface area contributed by atoms with Gasteiger partial charge in [0.25, 0.3) is 0 Å². The molecular formula is C14H24N2O3. The Labute approximate surface area is 114 Å². The number of amides is 2. The standard InChI is InChI=1S/C14H24N2O3/c1-11(2)7-8-15-14(19)16-9-3-4-12(10-16)5-6-13(17)18/h7,12H,3-6,8-10H2,1-2H3,(H,15,19)(H,17,18). The number of allylic oxidation sites excluding steroid dienone is 1. The van der Waals surface area contributed by atoms with E-state index >= 15 is 0 Å². The topological polar surface area (TPSA) is 69.6 Å². The van der Waals surface area contributed by atoms with Gasteiger partial charge in [0, 0.05) is 26.1 Å². The second-order valence-corrected chi connectivity index (χ2v) is 5.35. The molecule has 1 saturated heterocycles. The van der Waals surface area contributed by atoms with Crippen molar-refractivity contribution >= 4 is 12.0 Å². The zero-order valence-electron chi connectivity index (χ0n) is 11.8. The molecule has 0 aromatic heterocycles. The fourth-order valence-corrected chi connectivity index (χ4v) is 2.27. The molecule has 108 valence electrons. The van der Waals surface area contributed by atoms with Gasteiger partial charge in [0.1, 0.15) is 0 Å². The number of carbonyl (C=O) groups excluding carboxylic acids is 1. The van der Waals surface area contributed by atoms with Crippen LogP contribution in [0.4, 0.5) is 4.79 Å². The van der Waals surface area contributed by atoms with E-state index in [1.54, 1.807) is 4.90 Å². The molecule has 1 aliphatic rings. The van der Waals surface area contributed by atoms with Crippen LogP contribution in [0.25, 0.3) is 0 Å². The Hall–Kier alpha value is -1.52. The third-order valence-corrected chi connectivity index (χ3v) is 3.34. The molecule has 2 amide bonds. The molecule has 1 fully saturated rings. The Morgan fingerprint density at radius 2 is 2.16 bits per heavy atom.